The number of carbonyl (C=O) groups is 2. The number of H-pyrrole nitrogens is 1. The summed E-state index contributed by atoms with van der Waals surface area (Å²) in [5, 5.41) is 19.9. The van der Waals surface area contributed by atoms with Crippen molar-refractivity contribution in [3.63, 3.8) is 0 Å². The molecule has 1 amide bonds. The van der Waals surface area contributed by atoms with Crippen LogP contribution in [0.1, 0.15) is 55.4 Å². The molecule has 1 fully saturated rings. The van der Waals surface area contributed by atoms with Gasteiger partial charge in [-0.05, 0) is 40.8 Å². The summed E-state index contributed by atoms with van der Waals surface area (Å²) in [5.41, 5.74) is 5.70. The molecule has 5 atom stereocenters. The predicted octanol–water partition coefficient (Wildman–Crippen LogP) is 5.12. The Morgan fingerprint density at radius 3 is 2.45 bits per heavy atom. The lowest BCUT2D eigenvalue weighted by atomic mass is 9.91. The van der Waals surface area contributed by atoms with Crippen molar-refractivity contribution in [2.45, 2.75) is 63.7 Å². The lowest BCUT2D eigenvalue weighted by Crippen LogP contribution is -2.38. The van der Waals surface area contributed by atoms with Crippen LogP contribution in [-0.4, -0.2) is 50.1 Å². The lowest BCUT2D eigenvalue weighted by molar-refractivity contribution is -0.268. The van der Waals surface area contributed by atoms with Crippen molar-refractivity contribution < 1.29 is 28.9 Å². The number of ether oxygens (including phenoxy) is 3. The molecule has 3 N–H and O–H groups in total. The number of aliphatic hydroxyl groups excluding tert-OH is 1. The van der Waals surface area contributed by atoms with Crippen LogP contribution in [0.15, 0.2) is 84.3 Å². The summed E-state index contributed by atoms with van der Waals surface area (Å²) < 4.78 is 18.0. The molecule has 1 aliphatic heterocycles. The van der Waals surface area contributed by atoms with Gasteiger partial charge in [0.05, 0.1) is 18.8 Å². The predicted molar refractivity (Wildman–Crippen MR) is 165 cm³/mol. The molecule has 11 heteroatoms. The highest BCUT2D eigenvalue weighted by molar-refractivity contribution is 7.99. The maximum Gasteiger partial charge on any atom is 0.303 e. The van der Waals surface area contributed by atoms with E-state index < -0.39 is 18.4 Å². The van der Waals surface area contributed by atoms with Crippen LogP contribution in [0.25, 0.3) is 11.1 Å². The first kappa shape index (κ1) is 31.4. The van der Waals surface area contributed by atoms with Gasteiger partial charge in [0.2, 0.25) is 0 Å². The number of hydrogen-bond acceptors (Lipinski definition) is 9. The number of amides is 1. The topological polar surface area (TPSA) is 136 Å². The SMILES string of the molecule is CC(=O)O[C@@H](C)C(=O)NCc1cccc(-c2ccc([C@H]3O[C@@H](CSc4ncn[nH]4)[C@@H](C)[C@@H](c4ccc(CO)cc4)O3)cc2)c1. The highest BCUT2D eigenvalue weighted by atomic mass is 32.2. The van der Waals surface area contributed by atoms with Crippen molar-refractivity contribution in [1.82, 2.24) is 20.5 Å². The molecule has 5 rings (SSSR count). The van der Waals surface area contributed by atoms with Gasteiger partial charge in [-0.25, -0.2) is 4.98 Å². The van der Waals surface area contributed by atoms with Crippen molar-refractivity contribution in [3.05, 3.63) is 101 Å². The van der Waals surface area contributed by atoms with E-state index in [2.05, 4.69) is 27.4 Å². The first-order chi connectivity index (χ1) is 21.3. The van der Waals surface area contributed by atoms with E-state index in [1.165, 1.54) is 13.3 Å². The molecule has 0 saturated carbocycles. The second kappa shape index (κ2) is 14.6. The number of rotatable bonds is 11. The number of esters is 1. The van der Waals surface area contributed by atoms with E-state index in [9.17, 15) is 14.7 Å². The van der Waals surface area contributed by atoms with Gasteiger partial charge in [0.25, 0.3) is 5.91 Å². The monoisotopic (exact) mass is 616 g/mol. The van der Waals surface area contributed by atoms with Gasteiger partial charge in [-0.2, -0.15) is 5.10 Å². The van der Waals surface area contributed by atoms with Gasteiger partial charge in [-0.1, -0.05) is 85.4 Å². The zero-order valence-electron chi connectivity index (χ0n) is 24.8. The van der Waals surface area contributed by atoms with E-state index in [1.807, 2.05) is 72.8 Å². The minimum Gasteiger partial charge on any atom is -0.453 e. The Morgan fingerprint density at radius 2 is 1.77 bits per heavy atom. The third-order valence-corrected chi connectivity index (χ3v) is 8.49. The average molecular weight is 617 g/mol. The average Bonchev–Trinajstić information content (AvgIpc) is 3.57. The Morgan fingerprint density at radius 1 is 1.02 bits per heavy atom. The molecule has 0 bridgehead atoms. The van der Waals surface area contributed by atoms with E-state index >= 15 is 0 Å². The van der Waals surface area contributed by atoms with Gasteiger partial charge in [-0.3, -0.25) is 14.7 Å². The molecular weight excluding hydrogens is 580 g/mol. The summed E-state index contributed by atoms with van der Waals surface area (Å²) in [6.07, 6.45) is -0.276. The maximum absolute atomic E-state index is 12.3. The quantitative estimate of drug-likeness (QED) is 0.155. The molecule has 0 aliphatic carbocycles. The van der Waals surface area contributed by atoms with Gasteiger partial charge in [0, 0.05) is 30.7 Å². The molecule has 230 valence electrons. The fourth-order valence-electron chi connectivity index (χ4n) is 5.06. The number of aliphatic hydroxyl groups is 1. The van der Waals surface area contributed by atoms with E-state index in [-0.39, 0.29) is 30.6 Å². The number of thioether (sulfide) groups is 1. The molecular formula is C33H36N4O6S. The van der Waals surface area contributed by atoms with Crippen LogP contribution in [-0.2, 0) is 37.0 Å². The van der Waals surface area contributed by atoms with Gasteiger partial charge in [0.1, 0.15) is 6.33 Å². The Labute approximate surface area is 260 Å². The van der Waals surface area contributed by atoms with E-state index in [1.54, 1.807) is 18.7 Å². The summed E-state index contributed by atoms with van der Waals surface area (Å²) in [5.74, 6) is -0.120. The number of aromatic amines is 1. The van der Waals surface area contributed by atoms with Crippen LogP contribution in [0.3, 0.4) is 0 Å². The Balaban J connectivity index is 1.30. The summed E-state index contributed by atoms with van der Waals surface area (Å²) in [7, 11) is 0. The highest BCUT2D eigenvalue weighted by Gasteiger charge is 2.38. The van der Waals surface area contributed by atoms with Crippen LogP contribution in [0, 0.1) is 5.92 Å². The maximum atomic E-state index is 12.3. The normalized spacial score (nSPS) is 20.5. The summed E-state index contributed by atoms with van der Waals surface area (Å²) in [6, 6.07) is 23.8. The first-order valence-corrected chi connectivity index (χ1v) is 15.4. The second-order valence-electron chi connectivity index (χ2n) is 10.7. The second-order valence-corrected chi connectivity index (χ2v) is 11.7. The van der Waals surface area contributed by atoms with Gasteiger partial charge < -0.3 is 24.6 Å². The molecule has 10 nitrogen and oxygen atoms in total. The van der Waals surface area contributed by atoms with Crippen molar-refractivity contribution in [2.75, 3.05) is 5.75 Å². The van der Waals surface area contributed by atoms with Crippen molar-refractivity contribution in [1.29, 1.82) is 0 Å². The van der Waals surface area contributed by atoms with Crippen molar-refractivity contribution in [2.24, 2.45) is 5.92 Å². The minimum atomic E-state index is -0.852. The van der Waals surface area contributed by atoms with Crippen LogP contribution in [0.4, 0.5) is 0 Å². The van der Waals surface area contributed by atoms with Crippen molar-refractivity contribution in [3.8, 4) is 11.1 Å². The van der Waals surface area contributed by atoms with Crippen LogP contribution < -0.4 is 5.32 Å². The zero-order valence-corrected chi connectivity index (χ0v) is 25.6. The Hall–Kier alpha value is -4.03. The van der Waals surface area contributed by atoms with Crippen LogP contribution in [0.2, 0.25) is 0 Å². The molecule has 1 aromatic heterocycles. The number of nitrogens with zero attached hydrogens (tertiary/aromatic N) is 2. The van der Waals surface area contributed by atoms with E-state index in [0.29, 0.717) is 12.3 Å². The molecule has 0 unspecified atom stereocenters. The zero-order chi connectivity index (χ0) is 31.1. The van der Waals surface area contributed by atoms with Crippen LogP contribution in [0.5, 0.6) is 0 Å². The number of carbonyl (C=O) groups excluding carboxylic acids is 2. The fraction of sp³-hybridized carbons (Fsp3) is 0.333. The Kier molecular flexibility index (Phi) is 10.4. The van der Waals surface area contributed by atoms with Crippen molar-refractivity contribution >= 4 is 23.6 Å². The van der Waals surface area contributed by atoms with Gasteiger partial charge in [-0.15, -0.1) is 0 Å². The molecule has 44 heavy (non-hydrogen) atoms. The minimum absolute atomic E-state index is 0.0112. The summed E-state index contributed by atoms with van der Waals surface area (Å²) in [4.78, 5) is 27.6. The van der Waals surface area contributed by atoms with E-state index in [4.69, 9.17) is 14.2 Å². The molecule has 1 aliphatic rings. The highest BCUT2D eigenvalue weighted by Crippen LogP contribution is 2.43. The van der Waals surface area contributed by atoms with E-state index in [0.717, 1.165) is 38.5 Å². The largest absolute Gasteiger partial charge is 0.453 e. The molecule has 0 spiro atoms. The smallest absolute Gasteiger partial charge is 0.303 e. The number of nitrogens with one attached hydrogen (secondary N) is 2. The number of aromatic nitrogens is 3. The standard InChI is InChI=1S/C33H36N4O6S/c1-20-29(18-44-33-35-19-36-37-33)42-32(43-30(20)26-9-7-23(17-38)8-10-26)27-13-11-25(12-14-27)28-6-4-5-24(15-28)16-34-31(40)21(2)41-22(3)39/h4-15,19-21,29-30,32,38H,16-18H2,1-3H3,(H,34,40)(H,35,36,37)/t20-,21+,29+,30+,32+/m1/s1. The molecule has 3 aromatic carbocycles. The number of hydrogen-bond donors (Lipinski definition) is 3. The fourth-order valence-corrected chi connectivity index (χ4v) is 6.01. The third kappa shape index (κ3) is 7.92. The molecule has 4 aromatic rings. The molecule has 2 heterocycles. The van der Waals surface area contributed by atoms with Crippen LogP contribution >= 0.6 is 11.8 Å². The first-order valence-electron chi connectivity index (χ1n) is 14.4. The molecule has 1 saturated heterocycles. The Bertz CT molecular complexity index is 1530. The lowest BCUT2D eigenvalue weighted by Gasteiger charge is -2.41. The molecule has 0 radical (unpaired) electrons. The summed E-state index contributed by atoms with van der Waals surface area (Å²) in [6.45, 7) is 5.25. The summed E-state index contributed by atoms with van der Waals surface area (Å²) >= 11 is 1.56. The van der Waals surface area contributed by atoms with Gasteiger partial charge >= 0.3 is 5.97 Å². The third-order valence-electron chi connectivity index (χ3n) is 7.52. The van der Waals surface area contributed by atoms with Gasteiger partial charge in [0.15, 0.2) is 17.6 Å². The number of benzene rings is 3.